The molecular formula is C21H27N3O2S. The number of likely N-dealkylation sites (N-methyl/N-ethyl adjacent to an activating group) is 2. The molecule has 2 atom stereocenters. The van der Waals surface area contributed by atoms with Gasteiger partial charge in [0.25, 0.3) is 5.91 Å². The molecule has 6 heteroatoms. The van der Waals surface area contributed by atoms with Crippen LogP contribution in [0, 0.1) is 0 Å². The summed E-state index contributed by atoms with van der Waals surface area (Å²) in [4.78, 5) is 31.1. The molecule has 2 unspecified atom stereocenters. The number of hydrogen-bond donors (Lipinski definition) is 1. The van der Waals surface area contributed by atoms with Crippen LogP contribution in [-0.4, -0.2) is 54.8 Å². The normalized spacial score (nSPS) is 19.3. The zero-order valence-corrected chi connectivity index (χ0v) is 17.0. The summed E-state index contributed by atoms with van der Waals surface area (Å²) in [5, 5.41) is 5.10. The van der Waals surface area contributed by atoms with Crippen LogP contribution < -0.4 is 5.32 Å². The van der Waals surface area contributed by atoms with Crippen LogP contribution in [0.3, 0.4) is 0 Å². The van der Waals surface area contributed by atoms with Crippen LogP contribution in [0.15, 0.2) is 41.8 Å². The Kier molecular flexibility index (Phi) is 6.29. The van der Waals surface area contributed by atoms with Crippen LogP contribution in [0.5, 0.6) is 0 Å². The van der Waals surface area contributed by atoms with Gasteiger partial charge in [-0.15, -0.1) is 11.3 Å². The number of rotatable bonds is 7. The molecule has 144 valence electrons. The Hall–Kier alpha value is -2.18. The second kappa shape index (κ2) is 8.67. The van der Waals surface area contributed by atoms with E-state index in [0.29, 0.717) is 12.1 Å². The van der Waals surface area contributed by atoms with Gasteiger partial charge in [0.05, 0.1) is 12.0 Å². The number of benzene rings is 1. The van der Waals surface area contributed by atoms with E-state index in [2.05, 4.69) is 24.1 Å². The fourth-order valence-electron chi connectivity index (χ4n) is 3.76. The van der Waals surface area contributed by atoms with Crippen molar-refractivity contribution >= 4 is 23.2 Å². The van der Waals surface area contributed by atoms with E-state index in [1.54, 1.807) is 23.3 Å². The second-order valence-electron chi connectivity index (χ2n) is 6.76. The second-order valence-corrected chi connectivity index (χ2v) is 7.74. The van der Waals surface area contributed by atoms with Gasteiger partial charge in [0.15, 0.2) is 0 Å². The predicted octanol–water partition coefficient (Wildman–Crippen LogP) is 3.12. The van der Waals surface area contributed by atoms with Crippen molar-refractivity contribution in [3.63, 3.8) is 0 Å². The van der Waals surface area contributed by atoms with E-state index < -0.39 is 5.92 Å². The fourth-order valence-corrected chi connectivity index (χ4v) is 4.66. The van der Waals surface area contributed by atoms with Gasteiger partial charge in [0.2, 0.25) is 5.91 Å². The minimum atomic E-state index is -0.403. The Labute approximate surface area is 165 Å². The van der Waals surface area contributed by atoms with Crippen LogP contribution in [-0.2, 0) is 4.79 Å². The van der Waals surface area contributed by atoms with Crippen molar-refractivity contribution in [2.24, 2.45) is 0 Å². The first-order chi connectivity index (χ1) is 13.1. The van der Waals surface area contributed by atoms with E-state index in [1.807, 2.05) is 41.8 Å². The van der Waals surface area contributed by atoms with Crippen LogP contribution in [0.1, 0.15) is 46.6 Å². The molecule has 2 aromatic rings. The van der Waals surface area contributed by atoms with E-state index in [0.717, 1.165) is 30.1 Å². The maximum atomic E-state index is 13.2. The van der Waals surface area contributed by atoms with Crippen LogP contribution in [0.2, 0.25) is 0 Å². The average molecular weight is 386 g/mol. The molecule has 0 spiro atoms. The van der Waals surface area contributed by atoms with Crippen molar-refractivity contribution in [3.05, 3.63) is 57.8 Å². The summed E-state index contributed by atoms with van der Waals surface area (Å²) in [7, 11) is 1.79. The minimum absolute atomic E-state index is 0.0210. The third-order valence-electron chi connectivity index (χ3n) is 5.32. The first kappa shape index (κ1) is 19.6. The zero-order valence-electron chi connectivity index (χ0n) is 16.1. The molecule has 2 heterocycles. The molecule has 1 aromatic heterocycles. The zero-order chi connectivity index (χ0) is 19.4. The van der Waals surface area contributed by atoms with Crippen molar-refractivity contribution in [1.29, 1.82) is 0 Å². The van der Waals surface area contributed by atoms with Gasteiger partial charge >= 0.3 is 0 Å². The van der Waals surface area contributed by atoms with Gasteiger partial charge in [-0.2, -0.15) is 0 Å². The molecule has 1 N–H and O–H groups in total. The lowest BCUT2D eigenvalue weighted by Crippen LogP contribution is -2.46. The maximum Gasteiger partial charge on any atom is 0.254 e. The summed E-state index contributed by atoms with van der Waals surface area (Å²) in [6.45, 7) is 7.60. The number of carbonyl (C=O) groups excluding carboxylic acids is 2. The van der Waals surface area contributed by atoms with Crippen LogP contribution in [0.25, 0.3) is 0 Å². The van der Waals surface area contributed by atoms with Crippen molar-refractivity contribution < 1.29 is 9.59 Å². The highest BCUT2D eigenvalue weighted by Crippen LogP contribution is 2.43. The number of fused-ring (bicyclic) bond motifs is 1. The first-order valence-electron chi connectivity index (χ1n) is 9.48. The number of nitrogens with one attached hydrogen (secondary N) is 1. The molecule has 3 rings (SSSR count). The van der Waals surface area contributed by atoms with Crippen molar-refractivity contribution in [3.8, 4) is 0 Å². The highest BCUT2D eigenvalue weighted by Gasteiger charge is 2.42. The summed E-state index contributed by atoms with van der Waals surface area (Å²) < 4.78 is 0. The third kappa shape index (κ3) is 3.92. The Balaban J connectivity index is 1.89. The smallest absolute Gasteiger partial charge is 0.254 e. The van der Waals surface area contributed by atoms with Crippen molar-refractivity contribution in [2.75, 3.05) is 33.2 Å². The van der Waals surface area contributed by atoms with Gasteiger partial charge in [-0.05, 0) is 36.2 Å². The molecule has 0 aliphatic carbocycles. The molecule has 27 heavy (non-hydrogen) atoms. The Bertz CT molecular complexity index is 786. The molecule has 2 amide bonds. The third-order valence-corrected chi connectivity index (χ3v) is 6.26. The molecule has 1 aliphatic heterocycles. The Morgan fingerprint density at radius 1 is 1.19 bits per heavy atom. The molecule has 1 aliphatic rings. The topological polar surface area (TPSA) is 52.7 Å². The lowest BCUT2D eigenvalue weighted by atomic mass is 9.82. The van der Waals surface area contributed by atoms with Crippen LogP contribution in [0.4, 0.5) is 0 Å². The van der Waals surface area contributed by atoms with E-state index in [4.69, 9.17) is 0 Å². The largest absolute Gasteiger partial charge is 0.354 e. The molecule has 0 fully saturated rings. The minimum Gasteiger partial charge on any atom is -0.354 e. The molecule has 0 radical (unpaired) electrons. The van der Waals surface area contributed by atoms with Gasteiger partial charge in [0.1, 0.15) is 0 Å². The predicted molar refractivity (Wildman–Crippen MR) is 109 cm³/mol. The van der Waals surface area contributed by atoms with Gasteiger partial charge in [0, 0.05) is 30.6 Å². The van der Waals surface area contributed by atoms with E-state index in [-0.39, 0.29) is 17.9 Å². The van der Waals surface area contributed by atoms with Gasteiger partial charge < -0.3 is 15.1 Å². The highest BCUT2D eigenvalue weighted by molar-refractivity contribution is 7.10. The number of nitrogens with zero attached hydrogens (tertiary/aromatic N) is 2. The number of hydrogen-bond acceptors (Lipinski definition) is 4. The van der Waals surface area contributed by atoms with Crippen molar-refractivity contribution in [1.82, 2.24) is 15.1 Å². The lowest BCUT2D eigenvalue weighted by Gasteiger charge is -2.39. The molecule has 5 nitrogen and oxygen atoms in total. The summed E-state index contributed by atoms with van der Waals surface area (Å²) >= 11 is 1.58. The number of carbonyl (C=O) groups is 2. The lowest BCUT2D eigenvalue weighted by molar-refractivity contribution is -0.124. The van der Waals surface area contributed by atoms with Gasteiger partial charge in [-0.25, -0.2) is 0 Å². The van der Waals surface area contributed by atoms with Gasteiger partial charge in [-0.3, -0.25) is 9.59 Å². The van der Waals surface area contributed by atoms with E-state index in [1.165, 1.54) is 0 Å². The standard InChI is InChI=1S/C21H27N3O2S/c1-4-24(5-2)13-12-22-20(25)18-15-9-6-7-10-16(15)21(26)23(3)19(18)17-11-8-14-27-17/h6-11,14,18-19H,4-5,12-13H2,1-3H3,(H,22,25). The number of thiophene rings is 1. The molecular weight excluding hydrogens is 358 g/mol. The molecule has 0 bridgehead atoms. The quantitative estimate of drug-likeness (QED) is 0.797. The maximum absolute atomic E-state index is 13.2. The molecule has 0 saturated carbocycles. The van der Waals surface area contributed by atoms with Gasteiger partial charge in [-0.1, -0.05) is 38.1 Å². The molecule has 0 saturated heterocycles. The van der Waals surface area contributed by atoms with Crippen LogP contribution >= 0.6 is 11.3 Å². The summed E-state index contributed by atoms with van der Waals surface area (Å²) in [6.07, 6.45) is 0. The Morgan fingerprint density at radius 3 is 2.59 bits per heavy atom. The summed E-state index contributed by atoms with van der Waals surface area (Å²) in [6, 6.07) is 11.2. The monoisotopic (exact) mass is 385 g/mol. The summed E-state index contributed by atoms with van der Waals surface area (Å²) in [5.41, 5.74) is 1.44. The van der Waals surface area contributed by atoms with E-state index >= 15 is 0 Å². The average Bonchev–Trinajstić information content (AvgIpc) is 3.22. The SMILES string of the molecule is CCN(CC)CCNC(=O)C1c2ccccc2C(=O)N(C)C1c1cccs1. The van der Waals surface area contributed by atoms with Crippen molar-refractivity contribution in [2.45, 2.75) is 25.8 Å². The Morgan fingerprint density at radius 2 is 1.93 bits per heavy atom. The highest BCUT2D eigenvalue weighted by atomic mass is 32.1. The fraction of sp³-hybridized carbons (Fsp3) is 0.429. The molecule has 1 aromatic carbocycles. The number of amides is 2. The first-order valence-corrected chi connectivity index (χ1v) is 10.4. The summed E-state index contributed by atoms with van der Waals surface area (Å²) in [5.74, 6) is -0.456. The van der Waals surface area contributed by atoms with E-state index in [9.17, 15) is 9.59 Å².